The van der Waals surface area contributed by atoms with Crippen LogP contribution in [0.1, 0.15) is 18.9 Å². The van der Waals surface area contributed by atoms with Crippen molar-refractivity contribution in [3.8, 4) is 0 Å². The molecule has 0 saturated carbocycles. The van der Waals surface area contributed by atoms with Crippen LogP contribution in [0.3, 0.4) is 0 Å². The molecule has 0 radical (unpaired) electrons. The summed E-state index contributed by atoms with van der Waals surface area (Å²) in [6, 6.07) is 18.6. The van der Waals surface area contributed by atoms with Crippen molar-refractivity contribution in [1.29, 1.82) is 0 Å². The van der Waals surface area contributed by atoms with Gasteiger partial charge in [-0.3, -0.25) is 9.69 Å². The molecule has 1 aliphatic heterocycles. The first-order chi connectivity index (χ1) is 10.7. The van der Waals surface area contributed by atoms with Crippen LogP contribution in [0, 0.1) is 0 Å². The quantitative estimate of drug-likeness (QED) is 0.643. The highest BCUT2D eigenvalue weighted by Crippen LogP contribution is 2.45. The standard InChI is InChI=1S/C18H17NO3/c1-2-22-17(21)18(14-9-5-3-6-10-14)13-16(20)19(18)15-11-7-4-8-12-15/h3-12H,2,13H2,1H3. The Balaban J connectivity index is 2.11. The van der Waals surface area contributed by atoms with E-state index in [0.717, 1.165) is 5.56 Å². The van der Waals surface area contributed by atoms with Crippen LogP contribution in [0.15, 0.2) is 60.7 Å². The van der Waals surface area contributed by atoms with Crippen molar-refractivity contribution in [2.24, 2.45) is 0 Å². The Morgan fingerprint density at radius 1 is 1.09 bits per heavy atom. The molecule has 22 heavy (non-hydrogen) atoms. The average Bonchev–Trinajstić information content (AvgIpc) is 2.54. The van der Waals surface area contributed by atoms with Crippen molar-refractivity contribution in [2.45, 2.75) is 18.9 Å². The lowest BCUT2D eigenvalue weighted by Gasteiger charge is -2.49. The van der Waals surface area contributed by atoms with Gasteiger partial charge >= 0.3 is 5.97 Å². The van der Waals surface area contributed by atoms with Crippen LogP contribution in [-0.2, 0) is 19.9 Å². The molecule has 1 heterocycles. The molecule has 0 N–H and O–H groups in total. The Kier molecular flexibility index (Phi) is 3.67. The lowest BCUT2D eigenvalue weighted by molar-refractivity contribution is -0.158. The zero-order chi connectivity index (χ0) is 15.6. The highest BCUT2D eigenvalue weighted by molar-refractivity contribution is 6.12. The first kappa shape index (κ1) is 14.3. The van der Waals surface area contributed by atoms with Crippen molar-refractivity contribution >= 4 is 17.6 Å². The van der Waals surface area contributed by atoms with Crippen LogP contribution < -0.4 is 4.90 Å². The summed E-state index contributed by atoms with van der Waals surface area (Å²) in [5, 5.41) is 0. The van der Waals surface area contributed by atoms with Crippen LogP contribution >= 0.6 is 0 Å². The van der Waals surface area contributed by atoms with Crippen molar-refractivity contribution in [1.82, 2.24) is 0 Å². The summed E-state index contributed by atoms with van der Waals surface area (Å²) in [7, 11) is 0. The first-order valence-corrected chi connectivity index (χ1v) is 7.31. The van der Waals surface area contributed by atoms with Gasteiger partial charge in [0.05, 0.1) is 13.0 Å². The summed E-state index contributed by atoms with van der Waals surface area (Å²) in [5.41, 5.74) is 0.419. The maximum absolute atomic E-state index is 12.7. The van der Waals surface area contributed by atoms with E-state index in [0.29, 0.717) is 5.69 Å². The first-order valence-electron chi connectivity index (χ1n) is 7.31. The molecule has 0 aliphatic carbocycles. The predicted molar refractivity (Wildman–Crippen MR) is 83.3 cm³/mol. The number of benzene rings is 2. The zero-order valence-corrected chi connectivity index (χ0v) is 12.4. The average molecular weight is 295 g/mol. The monoisotopic (exact) mass is 295 g/mol. The molecule has 1 saturated heterocycles. The molecule has 4 heteroatoms. The summed E-state index contributed by atoms with van der Waals surface area (Å²) in [5.74, 6) is -0.465. The maximum atomic E-state index is 12.7. The van der Waals surface area contributed by atoms with Gasteiger partial charge in [0.1, 0.15) is 0 Å². The number of β-lactam (4-membered cyclic amide) rings is 1. The molecule has 2 aromatic carbocycles. The van der Waals surface area contributed by atoms with Crippen LogP contribution in [0.2, 0.25) is 0 Å². The molecule has 1 aliphatic rings. The lowest BCUT2D eigenvalue weighted by Crippen LogP contribution is -2.66. The van der Waals surface area contributed by atoms with E-state index in [1.165, 1.54) is 0 Å². The van der Waals surface area contributed by atoms with E-state index < -0.39 is 5.54 Å². The molecule has 3 rings (SSSR count). The Labute approximate surface area is 129 Å². The van der Waals surface area contributed by atoms with Gasteiger partial charge in [-0.2, -0.15) is 0 Å². The number of hydrogen-bond acceptors (Lipinski definition) is 3. The molecule has 1 fully saturated rings. The van der Waals surface area contributed by atoms with Crippen LogP contribution in [0.5, 0.6) is 0 Å². The van der Waals surface area contributed by atoms with Gasteiger partial charge in [-0.1, -0.05) is 48.5 Å². The Morgan fingerprint density at radius 3 is 2.23 bits per heavy atom. The van der Waals surface area contributed by atoms with E-state index in [4.69, 9.17) is 4.74 Å². The van der Waals surface area contributed by atoms with Gasteiger partial charge in [0.25, 0.3) is 0 Å². The van der Waals surface area contributed by atoms with E-state index in [1.807, 2.05) is 60.7 Å². The van der Waals surface area contributed by atoms with E-state index >= 15 is 0 Å². The molecule has 1 amide bonds. The zero-order valence-electron chi connectivity index (χ0n) is 12.4. The van der Waals surface area contributed by atoms with E-state index in [-0.39, 0.29) is 24.9 Å². The largest absolute Gasteiger partial charge is 0.464 e. The second-order valence-corrected chi connectivity index (χ2v) is 5.19. The third-order valence-corrected chi connectivity index (χ3v) is 3.92. The number of amides is 1. The Bertz CT molecular complexity index is 684. The van der Waals surface area contributed by atoms with E-state index in [2.05, 4.69) is 0 Å². The number of carbonyl (C=O) groups is 2. The van der Waals surface area contributed by atoms with Gasteiger partial charge in [0.15, 0.2) is 5.54 Å². The molecule has 4 nitrogen and oxygen atoms in total. The third kappa shape index (κ3) is 2.08. The second-order valence-electron chi connectivity index (χ2n) is 5.19. The molecule has 112 valence electrons. The van der Waals surface area contributed by atoms with Crippen molar-refractivity contribution in [2.75, 3.05) is 11.5 Å². The number of para-hydroxylation sites is 1. The van der Waals surface area contributed by atoms with Gasteiger partial charge < -0.3 is 4.74 Å². The van der Waals surface area contributed by atoms with Crippen LogP contribution in [-0.4, -0.2) is 18.5 Å². The predicted octanol–water partition coefficient (Wildman–Crippen LogP) is 2.88. The topological polar surface area (TPSA) is 46.6 Å². The van der Waals surface area contributed by atoms with Gasteiger partial charge in [-0.05, 0) is 24.6 Å². The van der Waals surface area contributed by atoms with Crippen LogP contribution in [0.4, 0.5) is 5.69 Å². The molecule has 0 spiro atoms. The maximum Gasteiger partial charge on any atom is 0.337 e. The normalized spacial score (nSPS) is 20.4. The van der Waals surface area contributed by atoms with Crippen molar-refractivity contribution < 1.29 is 14.3 Å². The minimum absolute atomic E-state index is 0.0805. The van der Waals surface area contributed by atoms with Crippen molar-refractivity contribution in [3.05, 3.63) is 66.2 Å². The summed E-state index contributed by atoms with van der Waals surface area (Å²) in [6.07, 6.45) is 0.130. The smallest absolute Gasteiger partial charge is 0.337 e. The highest BCUT2D eigenvalue weighted by Gasteiger charge is 2.59. The summed E-state index contributed by atoms with van der Waals surface area (Å²) < 4.78 is 5.27. The molecule has 0 aromatic heterocycles. The van der Waals surface area contributed by atoms with Gasteiger partial charge in [-0.15, -0.1) is 0 Å². The van der Waals surface area contributed by atoms with Gasteiger partial charge in [-0.25, -0.2) is 4.79 Å². The number of hydrogen-bond donors (Lipinski definition) is 0. The second kappa shape index (κ2) is 5.64. The number of rotatable bonds is 4. The number of carbonyl (C=O) groups excluding carboxylic acids is 2. The fraction of sp³-hybridized carbons (Fsp3) is 0.222. The molecular weight excluding hydrogens is 278 g/mol. The van der Waals surface area contributed by atoms with E-state index in [1.54, 1.807) is 11.8 Å². The fourth-order valence-corrected chi connectivity index (χ4v) is 2.92. The number of nitrogens with zero attached hydrogens (tertiary/aromatic N) is 1. The van der Waals surface area contributed by atoms with Gasteiger partial charge in [0.2, 0.25) is 5.91 Å². The minimum Gasteiger partial charge on any atom is -0.464 e. The number of anilines is 1. The molecule has 1 unspecified atom stereocenters. The van der Waals surface area contributed by atoms with Crippen LogP contribution in [0.25, 0.3) is 0 Å². The molecule has 1 atom stereocenters. The van der Waals surface area contributed by atoms with Crippen molar-refractivity contribution in [3.63, 3.8) is 0 Å². The Hall–Kier alpha value is -2.62. The third-order valence-electron chi connectivity index (χ3n) is 3.92. The Morgan fingerprint density at radius 2 is 1.68 bits per heavy atom. The van der Waals surface area contributed by atoms with E-state index in [9.17, 15) is 9.59 Å². The molecular formula is C18H17NO3. The fourth-order valence-electron chi connectivity index (χ4n) is 2.92. The molecule has 0 bridgehead atoms. The van der Waals surface area contributed by atoms with Gasteiger partial charge in [0, 0.05) is 5.69 Å². The summed E-state index contributed by atoms with van der Waals surface area (Å²) in [6.45, 7) is 2.05. The minimum atomic E-state index is -1.06. The highest BCUT2D eigenvalue weighted by atomic mass is 16.5. The SMILES string of the molecule is CCOC(=O)C1(c2ccccc2)CC(=O)N1c1ccccc1. The summed E-state index contributed by atoms with van der Waals surface area (Å²) in [4.78, 5) is 26.4. The number of ether oxygens (including phenoxy) is 1. The summed E-state index contributed by atoms with van der Waals surface area (Å²) >= 11 is 0. The molecule has 2 aromatic rings. The number of esters is 1. The lowest BCUT2D eigenvalue weighted by atomic mass is 9.77.